The number of benzene rings is 2. The van der Waals surface area contributed by atoms with Crippen molar-refractivity contribution in [2.24, 2.45) is 17.3 Å². The predicted molar refractivity (Wildman–Crippen MR) is 132 cm³/mol. The minimum absolute atomic E-state index is 0.00291. The number of carbonyl (C=O) groups is 1. The van der Waals surface area contributed by atoms with Crippen LogP contribution < -0.4 is 4.74 Å². The van der Waals surface area contributed by atoms with E-state index in [-0.39, 0.29) is 36.7 Å². The second-order valence-electron chi connectivity index (χ2n) is 10.5. The van der Waals surface area contributed by atoms with Gasteiger partial charge in [0, 0.05) is 5.41 Å². The minimum Gasteiger partial charge on any atom is -0.482 e. The summed E-state index contributed by atoms with van der Waals surface area (Å²) in [5, 5.41) is 0. The maximum absolute atomic E-state index is 12.9. The number of ether oxygens (including phenoxy) is 2. The molecule has 0 unspecified atom stereocenters. The van der Waals surface area contributed by atoms with Crippen molar-refractivity contribution in [3.05, 3.63) is 77.1 Å². The molecule has 2 aromatic rings. The minimum atomic E-state index is -5.70. The van der Waals surface area contributed by atoms with Crippen molar-refractivity contribution in [2.75, 3.05) is 6.61 Å². The second-order valence-corrected chi connectivity index (χ2v) is 12.0. The lowest BCUT2D eigenvalue weighted by atomic mass is 9.55. The molecule has 2 aromatic carbocycles. The maximum atomic E-state index is 12.9. The lowest BCUT2D eigenvalue weighted by Crippen LogP contribution is -2.42. The van der Waals surface area contributed by atoms with Crippen LogP contribution in [0, 0.1) is 17.3 Å². The summed E-state index contributed by atoms with van der Waals surface area (Å²) in [6.45, 7) is 1.80. The van der Waals surface area contributed by atoms with Gasteiger partial charge in [-0.25, -0.2) is 4.79 Å². The molecule has 3 aliphatic rings. The van der Waals surface area contributed by atoms with Gasteiger partial charge >= 0.3 is 21.6 Å². The zero-order valence-corrected chi connectivity index (χ0v) is 21.7. The highest BCUT2D eigenvalue weighted by Crippen LogP contribution is 2.61. The summed E-state index contributed by atoms with van der Waals surface area (Å²) < 4.78 is 77.7. The SMILES string of the molecule is C[C@]12CC[C@@H]3c4ccc(OCC(=O)OCc5ccccc5)cc4CC[C@H]3[C@@H]1CC=C2OS(=O)(=O)C(F)(F)F. The molecule has 3 aliphatic carbocycles. The van der Waals surface area contributed by atoms with Gasteiger partial charge in [-0.05, 0) is 84.8 Å². The van der Waals surface area contributed by atoms with E-state index in [1.807, 2.05) is 55.5 Å². The van der Waals surface area contributed by atoms with Crippen molar-refractivity contribution in [3.8, 4) is 5.75 Å². The molecule has 0 N–H and O–H groups in total. The van der Waals surface area contributed by atoms with E-state index >= 15 is 0 Å². The molecular weight excluding hydrogens is 521 g/mol. The number of allylic oxidation sites excluding steroid dienone is 2. The Morgan fingerprint density at radius 3 is 2.61 bits per heavy atom. The Morgan fingerprint density at radius 2 is 1.87 bits per heavy atom. The van der Waals surface area contributed by atoms with E-state index in [1.54, 1.807) is 0 Å². The average molecular weight is 551 g/mol. The van der Waals surface area contributed by atoms with Gasteiger partial charge in [0.2, 0.25) is 0 Å². The van der Waals surface area contributed by atoms with Gasteiger partial charge in [0.15, 0.2) is 6.61 Å². The van der Waals surface area contributed by atoms with Gasteiger partial charge in [0.1, 0.15) is 18.1 Å². The van der Waals surface area contributed by atoms with E-state index in [4.69, 9.17) is 9.47 Å². The average Bonchev–Trinajstić information content (AvgIpc) is 3.21. The quantitative estimate of drug-likeness (QED) is 0.238. The summed E-state index contributed by atoms with van der Waals surface area (Å²) in [4.78, 5) is 12.1. The number of esters is 1. The number of carbonyl (C=O) groups excluding carboxylic acids is 1. The van der Waals surface area contributed by atoms with Crippen LogP contribution in [0.25, 0.3) is 0 Å². The molecule has 0 aromatic heterocycles. The Hall–Kier alpha value is -3.01. The predicted octanol–water partition coefficient (Wildman–Crippen LogP) is 6.02. The van der Waals surface area contributed by atoms with E-state index < -0.39 is 27.0 Å². The van der Waals surface area contributed by atoms with Crippen molar-refractivity contribution < 1.29 is 40.0 Å². The molecule has 4 atom stereocenters. The number of hydrogen-bond acceptors (Lipinski definition) is 6. The first-order valence-corrected chi connectivity index (χ1v) is 14.1. The Labute approximate surface area is 219 Å². The highest BCUT2D eigenvalue weighted by Gasteiger charge is 2.56. The van der Waals surface area contributed by atoms with Crippen molar-refractivity contribution in [3.63, 3.8) is 0 Å². The van der Waals surface area contributed by atoms with Gasteiger partial charge in [0.05, 0.1) is 0 Å². The Morgan fingerprint density at radius 1 is 1.11 bits per heavy atom. The molecule has 0 aliphatic heterocycles. The second kappa shape index (κ2) is 9.94. The van der Waals surface area contributed by atoms with Gasteiger partial charge in [-0.15, -0.1) is 0 Å². The molecule has 0 heterocycles. The van der Waals surface area contributed by atoms with E-state index in [0.29, 0.717) is 25.0 Å². The van der Waals surface area contributed by atoms with Crippen LogP contribution in [0.15, 0.2) is 60.4 Å². The number of fused-ring (bicyclic) bond motifs is 5. The largest absolute Gasteiger partial charge is 0.534 e. The van der Waals surface area contributed by atoms with Crippen molar-refractivity contribution in [2.45, 2.75) is 57.1 Å². The maximum Gasteiger partial charge on any atom is 0.534 e. The molecule has 0 spiro atoms. The zero-order valence-electron chi connectivity index (χ0n) is 20.9. The van der Waals surface area contributed by atoms with Crippen LogP contribution in [-0.2, 0) is 36.9 Å². The first-order chi connectivity index (χ1) is 18.0. The van der Waals surface area contributed by atoms with Gasteiger partial charge in [0.25, 0.3) is 0 Å². The van der Waals surface area contributed by atoms with Crippen LogP contribution in [0.2, 0.25) is 0 Å². The van der Waals surface area contributed by atoms with Crippen LogP contribution in [0.1, 0.15) is 55.2 Å². The van der Waals surface area contributed by atoms with Crippen LogP contribution in [0.4, 0.5) is 13.2 Å². The van der Waals surface area contributed by atoms with Crippen LogP contribution >= 0.6 is 0 Å². The Bertz CT molecular complexity index is 1340. The van der Waals surface area contributed by atoms with Gasteiger partial charge in [-0.2, -0.15) is 21.6 Å². The van der Waals surface area contributed by atoms with E-state index in [0.717, 1.165) is 24.0 Å². The molecule has 0 radical (unpaired) electrons. The summed E-state index contributed by atoms with van der Waals surface area (Å²) in [5.74, 6) is 0.461. The third kappa shape index (κ3) is 5.02. The molecule has 0 saturated heterocycles. The molecule has 1 fully saturated rings. The molecule has 204 valence electrons. The van der Waals surface area contributed by atoms with Gasteiger partial charge in [-0.1, -0.05) is 43.3 Å². The summed E-state index contributed by atoms with van der Waals surface area (Å²) >= 11 is 0. The lowest BCUT2D eigenvalue weighted by Gasteiger charge is -2.49. The summed E-state index contributed by atoms with van der Waals surface area (Å²) in [5.41, 5.74) is -3.00. The number of rotatable bonds is 7. The van der Waals surface area contributed by atoms with Gasteiger partial charge in [-0.3, -0.25) is 0 Å². The standard InChI is InChI=1S/C28H29F3O6S/c1-27-14-13-22-21-10-8-20(35-17-26(32)36-16-18-5-3-2-4-6-18)15-19(21)7-9-23(22)24(27)11-12-25(27)37-38(33,34)28(29,30)31/h2-6,8,10,12,15,22-24H,7,9,11,13-14,16-17H2,1H3/t22-,23-,24+,27+/m1/s1. The lowest BCUT2D eigenvalue weighted by molar-refractivity contribution is -0.147. The fourth-order valence-corrected chi connectivity index (χ4v) is 6.98. The fraction of sp³-hybridized carbons (Fsp3) is 0.464. The summed E-state index contributed by atoms with van der Waals surface area (Å²) in [6.07, 6.45) is 4.84. The van der Waals surface area contributed by atoms with Crippen molar-refractivity contribution in [1.29, 1.82) is 0 Å². The summed E-state index contributed by atoms with van der Waals surface area (Å²) in [6, 6.07) is 15.2. The smallest absolute Gasteiger partial charge is 0.482 e. The van der Waals surface area contributed by atoms with Crippen LogP contribution in [0.5, 0.6) is 5.75 Å². The van der Waals surface area contributed by atoms with Crippen molar-refractivity contribution in [1.82, 2.24) is 0 Å². The Kier molecular flexibility index (Phi) is 6.96. The van der Waals surface area contributed by atoms with E-state index in [1.165, 1.54) is 11.6 Å². The monoisotopic (exact) mass is 550 g/mol. The number of hydrogen-bond donors (Lipinski definition) is 0. The normalized spacial score (nSPS) is 26.4. The topological polar surface area (TPSA) is 78.9 Å². The van der Waals surface area contributed by atoms with E-state index in [9.17, 15) is 26.4 Å². The van der Waals surface area contributed by atoms with E-state index in [2.05, 4.69) is 4.18 Å². The third-order valence-corrected chi connectivity index (χ3v) is 9.26. The first-order valence-electron chi connectivity index (χ1n) is 12.6. The fourth-order valence-electron chi connectivity index (χ4n) is 6.39. The van der Waals surface area contributed by atoms with Crippen LogP contribution in [0.3, 0.4) is 0 Å². The molecule has 38 heavy (non-hydrogen) atoms. The Balaban J connectivity index is 1.22. The molecule has 1 saturated carbocycles. The zero-order chi connectivity index (χ0) is 27.1. The highest BCUT2D eigenvalue weighted by atomic mass is 32.2. The third-order valence-electron chi connectivity index (χ3n) is 8.29. The van der Waals surface area contributed by atoms with Gasteiger partial charge < -0.3 is 13.7 Å². The molecule has 6 nitrogen and oxygen atoms in total. The summed E-state index contributed by atoms with van der Waals surface area (Å²) in [7, 11) is -5.70. The number of halogens is 3. The first kappa shape index (κ1) is 26.6. The van der Waals surface area contributed by atoms with Crippen molar-refractivity contribution >= 4 is 16.1 Å². The van der Waals surface area contributed by atoms with Crippen LogP contribution in [-0.4, -0.2) is 26.5 Å². The highest BCUT2D eigenvalue weighted by molar-refractivity contribution is 7.87. The molecule has 0 bridgehead atoms. The number of alkyl halides is 3. The molecule has 0 amide bonds. The molecule has 5 rings (SSSR count). The number of aryl methyl sites for hydroxylation is 1. The molecule has 10 heteroatoms. The molecular formula is C28H29F3O6S.